The molecule has 0 aliphatic rings. The number of hydrazine groups is 1. The monoisotopic (exact) mass is 452 g/mol. The number of benzene rings is 3. The molecule has 0 spiro atoms. The molecular formula is C23H21ClN4O4. The Labute approximate surface area is 189 Å². The summed E-state index contributed by atoms with van der Waals surface area (Å²) in [5.41, 5.74) is 6.37. The fourth-order valence-electron chi connectivity index (χ4n) is 2.55. The Morgan fingerprint density at radius 3 is 2.19 bits per heavy atom. The Balaban J connectivity index is 1.38. The zero-order chi connectivity index (χ0) is 22.8. The highest BCUT2D eigenvalue weighted by Crippen LogP contribution is 2.17. The van der Waals surface area contributed by atoms with Gasteiger partial charge in [-0.3, -0.25) is 20.4 Å². The number of hydrogen-bond donors (Lipinski definition) is 4. The summed E-state index contributed by atoms with van der Waals surface area (Å²) in [7, 11) is 0. The molecule has 0 saturated carbocycles. The van der Waals surface area contributed by atoms with Gasteiger partial charge in [-0.25, -0.2) is 4.79 Å². The highest BCUT2D eigenvalue weighted by atomic mass is 35.5. The first-order valence-corrected chi connectivity index (χ1v) is 10.0. The molecule has 0 saturated heterocycles. The maximum Gasteiger partial charge on any atom is 0.319 e. The molecule has 0 atom stereocenters. The number of rotatable bonds is 7. The van der Waals surface area contributed by atoms with E-state index in [1.165, 1.54) is 0 Å². The summed E-state index contributed by atoms with van der Waals surface area (Å²) in [4.78, 5) is 35.8. The average molecular weight is 453 g/mol. The molecular weight excluding hydrogens is 432 g/mol. The molecule has 0 aromatic heterocycles. The van der Waals surface area contributed by atoms with E-state index in [0.29, 0.717) is 28.6 Å². The van der Waals surface area contributed by atoms with E-state index in [1.807, 2.05) is 6.07 Å². The second-order valence-electron chi connectivity index (χ2n) is 6.62. The number of nitrogens with one attached hydrogen (secondary N) is 4. The van der Waals surface area contributed by atoms with Gasteiger partial charge in [0, 0.05) is 16.3 Å². The lowest BCUT2D eigenvalue weighted by molar-refractivity contribution is -0.120. The second-order valence-corrected chi connectivity index (χ2v) is 7.05. The zero-order valence-electron chi connectivity index (χ0n) is 16.9. The summed E-state index contributed by atoms with van der Waals surface area (Å²) in [6, 6.07) is 22.0. The Morgan fingerprint density at radius 2 is 1.50 bits per heavy atom. The van der Waals surface area contributed by atoms with Crippen LogP contribution in [0.1, 0.15) is 15.9 Å². The summed E-state index contributed by atoms with van der Waals surface area (Å²) in [5.74, 6) is -0.378. The fourth-order valence-corrected chi connectivity index (χ4v) is 2.68. The van der Waals surface area contributed by atoms with Gasteiger partial charge in [0.1, 0.15) is 18.9 Å². The van der Waals surface area contributed by atoms with E-state index in [-0.39, 0.29) is 6.54 Å². The van der Waals surface area contributed by atoms with Crippen LogP contribution >= 0.6 is 11.6 Å². The van der Waals surface area contributed by atoms with Gasteiger partial charge in [0.2, 0.25) is 0 Å². The van der Waals surface area contributed by atoms with Crippen LogP contribution in [0.15, 0.2) is 78.9 Å². The summed E-state index contributed by atoms with van der Waals surface area (Å²) in [6.45, 7) is 0.0247. The van der Waals surface area contributed by atoms with Gasteiger partial charge in [-0.2, -0.15) is 0 Å². The minimum Gasteiger partial charge on any atom is -0.489 e. The molecule has 32 heavy (non-hydrogen) atoms. The van der Waals surface area contributed by atoms with Crippen LogP contribution in [-0.4, -0.2) is 24.4 Å². The van der Waals surface area contributed by atoms with E-state index in [1.54, 1.807) is 72.8 Å². The first-order valence-electron chi connectivity index (χ1n) is 9.66. The zero-order valence-corrected chi connectivity index (χ0v) is 17.7. The number of anilines is 1. The van der Waals surface area contributed by atoms with Crippen LogP contribution in [0.5, 0.6) is 5.75 Å². The molecule has 0 unspecified atom stereocenters. The quantitative estimate of drug-likeness (QED) is 0.411. The molecule has 0 aliphatic carbocycles. The second kappa shape index (κ2) is 11.4. The molecule has 3 aromatic rings. The van der Waals surface area contributed by atoms with Gasteiger partial charge in [-0.15, -0.1) is 0 Å². The Morgan fingerprint density at radius 1 is 0.812 bits per heavy atom. The SMILES string of the molecule is O=C(CNC(=O)Nc1ccccc1)NNC(=O)c1ccc(COc2ccc(Cl)cc2)cc1. The van der Waals surface area contributed by atoms with E-state index in [2.05, 4.69) is 21.5 Å². The molecule has 3 rings (SSSR count). The highest BCUT2D eigenvalue weighted by Gasteiger charge is 2.09. The van der Waals surface area contributed by atoms with Gasteiger partial charge in [0.25, 0.3) is 11.8 Å². The minimum absolute atomic E-state index is 0.306. The Kier molecular flexibility index (Phi) is 8.05. The lowest BCUT2D eigenvalue weighted by Crippen LogP contribution is -2.47. The van der Waals surface area contributed by atoms with Crippen molar-refractivity contribution < 1.29 is 19.1 Å². The van der Waals surface area contributed by atoms with Crippen molar-refractivity contribution in [2.75, 3.05) is 11.9 Å². The van der Waals surface area contributed by atoms with Gasteiger partial charge >= 0.3 is 6.03 Å². The standard InChI is InChI=1S/C23H21ClN4O4/c24-18-10-12-20(13-11-18)32-15-16-6-8-17(9-7-16)22(30)28-27-21(29)14-25-23(31)26-19-4-2-1-3-5-19/h1-13H,14-15H2,(H,27,29)(H,28,30)(H2,25,26,31). The van der Waals surface area contributed by atoms with Crippen molar-refractivity contribution in [1.29, 1.82) is 0 Å². The Hall–Kier alpha value is -4.04. The van der Waals surface area contributed by atoms with Gasteiger partial charge < -0.3 is 15.4 Å². The number of para-hydroxylation sites is 1. The van der Waals surface area contributed by atoms with E-state index in [4.69, 9.17) is 16.3 Å². The van der Waals surface area contributed by atoms with Crippen molar-refractivity contribution in [1.82, 2.24) is 16.2 Å². The third kappa shape index (κ3) is 7.33. The molecule has 0 bridgehead atoms. The number of amides is 4. The van der Waals surface area contributed by atoms with Crippen molar-refractivity contribution in [3.8, 4) is 5.75 Å². The number of halogens is 1. The topological polar surface area (TPSA) is 109 Å². The summed E-state index contributed by atoms with van der Waals surface area (Å²) < 4.78 is 5.65. The normalized spacial score (nSPS) is 10.0. The summed E-state index contributed by atoms with van der Waals surface area (Å²) in [5, 5.41) is 5.61. The van der Waals surface area contributed by atoms with Crippen LogP contribution in [0.25, 0.3) is 0 Å². The first-order chi connectivity index (χ1) is 15.5. The van der Waals surface area contributed by atoms with E-state index in [9.17, 15) is 14.4 Å². The van der Waals surface area contributed by atoms with Crippen molar-refractivity contribution in [2.45, 2.75) is 6.61 Å². The van der Waals surface area contributed by atoms with E-state index >= 15 is 0 Å². The third-order valence-electron chi connectivity index (χ3n) is 4.19. The molecule has 4 N–H and O–H groups in total. The fraction of sp³-hybridized carbons (Fsp3) is 0.0870. The smallest absolute Gasteiger partial charge is 0.319 e. The molecule has 8 nitrogen and oxygen atoms in total. The predicted molar refractivity (Wildman–Crippen MR) is 121 cm³/mol. The van der Waals surface area contributed by atoms with Crippen molar-refractivity contribution in [2.24, 2.45) is 0 Å². The lowest BCUT2D eigenvalue weighted by atomic mass is 10.1. The largest absolute Gasteiger partial charge is 0.489 e. The number of hydrogen-bond acceptors (Lipinski definition) is 4. The van der Waals surface area contributed by atoms with Gasteiger partial charge in [0.05, 0.1) is 0 Å². The van der Waals surface area contributed by atoms with Gasteiger partial charge in [0.15, 0.2) is 0 Å². The third-order valence-corrected chi connectivity index (χ3v) is 4.44. The molecule has 0 heterocycles. The molecule has 3 aromatic carbocycles. The van der Waals surface area contributed by atoms with Crippen molar-refractivity contribution in [3.63, 3.8) is 0 Å². The summed E-state index contributed by atoms with van der Waals surface area (Å²) >= 11 is 5.84. The number of urea groups is 1. The van der Waals surface area contributed by atoms with Crippen LogP contribution in [0.3, 0.4) is 0 Å². The van der Waals surface area contributed by atoms with Crippen LogP contribution in [0.2, 0.25) is 5.02 Å². The van der Waals surface area contributed by atoms with Crippen LogP contribution in [0.4, 0.5) is 10.5 Å². The van der Waals surface area contributed by atoms with Gasteiger partial charge in [-0.1, -0.05) is 41.9 Å². The van der Waals surface area contributed by atoms with Crippen molar-refractivity contribution in [3.05, 3.63) is 95.0 Å². The summed E-state index contributed by atoms with van der Waals surface area (Å²) in [6.07, 6.45) is 0. The minimum atomic E-state index is -0.574. The molecule has 0 fully saturated rings. The number of ether oxygens (including phenoxy) is 1. The van der Waals surface area contributed by atoms with E-state index < -0.39 is 17.8 Å². The maximum atomic E-state index is 12.2. The van der Waals surface area contributed by atoms with Crippen LogP contribution in [0, 0.1) is 0 Å². The predicted octanol–water partition coefficient (Wildman–Crippen LogP) is 3.50. The Bertz CT molecular complexity index is 1060. The van der Waals surface area contributed by atoms with Gasteiger partial charge in [-0.05, 0) is 54.1 Å². The maximum absolute atomic E-state index is 12.2. The molecule has 0 radical (unpaired) electrons. The number of carbonyl (C=O) groups excluding carboxylic acids is 3. The lowest BCUT2D eigenvalue weighted by Gasteiger charge is -2.10. The van der Waals surface area contributed by atoms with E-state index in [0.717, 1.165) is 5.56 Å². The average Bonchev–Trinajstić information content (AvgIpc) is 2.82. The van der Waals surface area contributed by atoms with Crippen molar-refractivity contribution >= 4 is 35.1 Å². The van der Waals surface area contributed by atoms with Crippen LogP contribution < -0.4 is 26.2 Å². The molecule has 0 aliphatic heterocycles. The first kappa shape index (κ1) is 22.6. The number of carbonyl (C=O) groups is 3. The molecule has 164 valence electrons. The molecule has 9 heteroatoms. The molecule has 4 amide bonds. The van der Waals surface area contributed by atoms with Crippen LogP contribution in [-0.2, 0) is 11.4 Å². The highest BCUT2D eigenvalue weighted by molar-refractivity contribution is 6.30.